The standard InChI is InChI=1S/C16H30N2O/c1-4-5-14-8-15(17-9-13-6-7-13)11-18(10-14)16(19)12(2)3/h12-15,17H,4-11H2,1-3H3. The van der Waals surface area contributed by atoms with E-state index in [1.165, 1.54) is 32.1 Å². The van der Waals surface area contributed by atoms with Crippen molar-refractivity contribution in [1.29, 1.82) is 0 Å². The number of rotatable bonds is 6. The third-order valence-corrected chi connectivity index (χ3v) is 4.43. The van der Waals surface area contributed by atoms with E-state index in [4.69, 9.17) is 0 Å². The lowest BCUT2D eigenvalue weighted by atomic mass is 9.90. The average molecular weight is 266 g/mol. The molecule has 1 aliphatic carbocycles. The van der Waals surface area contributed by atoms with Crippen molar-refractivity contribution in [2.75, 3.05) is 19.6 Å². The molecule has 2 unspecified atom stereocenters. The molecule has 1 aliphatic heterocycles. The Bertz CT molecular complexity index is 299. The molecule has 3 heteroatoms. The van der Waals surface area contributed by atoms with Gasteiger partial charge in [0.2, 0.25) is 5.91 Å². The highest BCUT2D eigenvalue weighted by molar-refractivity contribution is 5.78. The van der Waals surface area contributed by atoms with E-state index in [1.54, 1.807) is 0 Å². The van der Waals surface area contributed by atoms with E-state index < -0.39 is 0 Å². The molecular formula is C16H30N2O. The molecule has 2 fully saturated rings. The van der Waals surface area contributed by atoms with Gasteiger partial charge in [0.25, 0.3) is 0 Å². The van der Waals surface area contributed by atoms with Crippen molar-refractivity contribution in [2.45, 2.75) is 58.9 Å². The Morgan fingerprint density at radius 1 is 1.26 bits per heavy atom. The van der Waals surface area contributed by atoms with Gasteiger partial charge >= 0.3 is 0 Å². The van der Waals surface area contributed by atoms with E-state index in [1.807, 2.05) is 13.8 Å². The summed E-state index contributed by atoms with van der Waals surface area (Å²) in [5, 5.41) is 3.70. The predicted octanol–water partition coefficient (Wildman–Crippen LogP) is 2.66. The van der Waals surface area contributed by atoms with Crippen molar-refractivity contribution in [3.63, 3.8) is 0 Å². The first kappa shape index (κ1) is 14.8. The van der Waals surface area contributed by atoms with Crippen LogP contribution < -0.4 is 5.32 Å². The van der Waals surface area contributed by atoms with Gasteiger partial charge in [-0.05, 0) is 44.1 Å². The van der Waals surface area contributed by atoms with Crippen LogP contribution in [0.4, 0.5) is 0 Å². The molecule has 0 spiro atoms. The fourth-order valence-corrected chi connectivity index (χ4v) is 3.17. The predicted molar refractivity (Wildman–Crippen MR) is 78.9 cm³/mol. The fraction of sp³-hybridized carbons (Fsp3) is 0.938. The van der Waals surface area contributed by atoms with Gasteiger partial charge in [-0.2, -0.15) is 0 Å². The summed E-state index contributed by atoms with van der Waals surface area (Å²) in [4.78, 5) is 14.4. The summed E-state index contributed by atoms with van der Waals surface area (Å²) in [7, 11) is 0. The third-order valence-electron chi connectivity index (χ3n) is 4.43. The Hall–Kier alpha value is -0.570. The molecule has 1 saturated carbocycles. The molecule has 1 N–H and O–H groups in total. The zero-order chi connectivity index (χ0) is 13.8. The lowest BCUT2D eigenvalue weighted by Crippen LogP contribution is -2.52. The molecule has 2 rings (SSSR count). The molecule has 110 valence electrons. The molecule has 2 atom stereocenters. The zero-order valence-corrected chi connectivity index (χ0v) is 12.8. The summed E-state index contributed by atoms with van der Waals surface area (Å²) in [6.45, 7) is 9.33. The molecule has 3 nitrogen and oxygen atoms in total. The SMILES string of the molecule is CCCC1CC(NCC2CC2)CN(C(=O)C(C)C)C1. The van der Waals surface area contributed by atoms with E-state index in [-0.39, 0.29) is 5.92 Å². The number of hydrogen-bond donors (Lipinski definition) is 1. The van der Waals surface area contributed by atoms with Gasteiger partial charge in [-0.3, -0.25) is 4.79 Å². The van der Waals surface area contributed by atoms with Crippen LogP contribution in [0.3, 0.4) is 0 Å². The maximum atomic E-state index is 12.2. The number of nitrogens with zero attached hydrogens (tertiary/aromatic N) is 1. The van der Waals surface area contributed by atoms with Crippen LogP contribution >= 0.6 is 0 Å². The summed E-state index contributed by atoms with van der Waals surface area (Å²) in [5.74, 6) is 2.07. The van der Waals surface area contributed by atoms with Crippen LogP contribution in [0.5, 0.6) is 0 Å². The van der Waals surface area contributed by atoms with Crippen LogP contribution in [-0.2, 0) is 4.79 Å². The van der Waals surface area contributed by atoms with Crippen LogP contribution in [0.25, 0.3) is 0 Å². The molecule has 19 heavy (non-hydrogen) atoms. The average Bonchev–Trinajstić information content (AvgIpc) is 3.19. The first-order valence-electron chi connectivity index (χ1n) is 8.12. The van der Waals surface area contributed by atoms with Gasteiger partial charge in [-0.25, -0.2) is 0 Å². The zero-order valence-electron chi connectivity index (χ0n) is 12.8. The van der Waals surface area contributed by atoms with Gasteiger partial charge in [0.1, 0.15) is 0 Å². The quantitative estimate of drug-likeness (QED) is 0.801. The summed E-state index contributed by atoms with van der Waals surface area (Å²) < 4.78 is 0. The number of piperidine rings is 1. The van der Waals surface area contributed by atoms with Crippen molar-refractivity contribution < 1.29 is 4.79 Å². The monoisotopic (exact) mass is 266 g/mol. The van der Waals surface area contributed by atoms with Crippen LogP contribution in [-0.4, -0.2) is 36.5 Å². The van der Waals surface area contributed by atoms with Crippen LogP contribution in [0.15, 0.2) is 0 Å². The van der Waals surface area contributed by atoms with Crippen molar-refractivity contribution >= 4 is 5.91 Å². The molecule has 0 aromatic rings. The van der Waals surface area contributed by atoms with Gasteiger partial charge < -0.3 is 10.2 Å². The van der Waals surface area contributed by atoms with Crippen molar-refractivity contribution in [3.8, 4) is 0 Å². The van der Waals surface area contributed by atoms with E-state index in [0.717, 1.165) is 25.6 Å². The number of carbonyl (C=O) groups is 1. The largest absolute Gasteiger partial charge is 0.341 e. The number of amides is 1. The van der Waals surface area contributed by atoms with Crippen LogP contribution in [0.1, 0.15) is 52.9 Å². The molecule has 1 amide bonds. The Labute approximate surface area is 118 Å². The number of likely N-dealkylation sites (tertiary alicyclic amines) is 1. The molecule has 1 heterocycles. The molecule has 2 aliphatic rings. The third kappa shape index (κ3) is 4.48. The van der Waals surface area contributed by atoms with E-state index >= 15 is 0 Å². The van der Waals surface area contributed by atoms with Gasteiger partial charge in [0, 0.05) is 25.0 Å². The first-order chi connectivity index (χ1) is 9.10. The summed E-state index contributed by atoms with van der Waals surface area (Å²) >= 11 is 0. The number of nitrogens with one attached hydrogen (secondary N) is 1. The minimum atomic E-state index is 0.129. The topological polar surface area (TPSA) is 32.3 Å². The fourth-order valence-electron chi connectivity index (χ4n) is 3.17. The van der Waals surface area contributed by atoms with Gasteiger partial charge in [-0.15, -0.1) is 0 Å². The highest BCUT2D eigenvalue weighted by Gasteiger charge is 2.31. The molecule has 0 bridgehead atoms. The Morgan fingerprint density at radius 3 is 2.58 bits per heavy atom. The van der Waals surface area contributed by atoms with E-state index in [2.05, 4.69) is 17.1 Å². The number of hydrogen-bond acceptors (Lipinski definition) is 2. The molecule has 0 aromatic carbocycles. The minimum Gasteiger partial charge on any atom is -0.341 e. The summed E-state index contributed by atoms with van der Waals surface area (Å²) in [6, 6.07) is 0.522. The Balaban J connectivity index is 1.88. The second-order valence-corrected chi connectivity index (χ2v) is 6.84. The van der Waals surface area contributed by atoms with Gasteiger partial charge in [0.05, 0.1) is 0 Å². The Kier molecular flexibility index (Phi) is 5.26. The van der Waals surface area contributed by atoms with Crippen LogP contribution in [0.2, 0.25) is 0 Å². The normalized spacial score (nSPS) is 27.9. The molecular weight excluding hydrogens is 236 g/mol. The summed E-state index contributed by atoms with van der Waals surface area (Å²) in [6.07, 6.45) is 6.52. The maximum absolute atomic E-state index is 12.2. The van der Waals surface area contributed by atoms with Crippen molar-refractivity contribution in [2.24, 2.45) is 17.8 Å². The highest BCUT2D eigenvalue weighted by atomic mass is 16.2. The maximum Gasteiger partial charge on any atom is 0.225 e. The molecule has 1 saturated heterocycles. The molecule has 0 radical (unpaired) electrons. The highest BCUT2D eigenvalue weighted by Crippen LogP contribution is 2.29. The summed E-state index contributed by atoms with van der Waals surface area (Å²) in [5.41, 5.74) is 0. The van der Waals surface area contributed by atoms with Crippen molar-refractivity contribution in [3.05, 3.63) is 0 Å². The van der Waals surface area contributed by atoms with E-state index in [9.17, 15) is 4.79 Å². The second-order valence-electron chi connectivity index (χ2n) is 6.84. The lowest BCUT2D eigenvalue weighted by molar-refractivity contribution is -0.136. The molecule has 0 aromatic heterocycles. The first-order valence-corrected chi connectivity index (χ1v) is 8.12. The minimum absolute atomic E-state index is 0.129. The van der Waals surface area contributed by atoms with Gasteiger partial charge in [-0.1, -0.05) is 27.2 Å². The Morgan fingerprint density at radius 2 is 2.00 bits per heavy atom. The second kappa shape index (κ2) is 6.74. The lowest BCUT2D eigenvalue weighted by Gasteiger charge is -2.39. The van der Waals surface area contributed by atoms with E-state index in [0.29, 0.717) is 17.9 Å². The smallest absolute Gasteiger partial charge is 0.225 e. The van der Waals surface area contributed by atoms with Gasteiger partial charge in [0.15, 0.2) is 0 Å². The number of carbonyl (C=O) groups excluding carboxylic acids is 1. The van der Waals surface area contributed by atoms with Crippen LogP contribution in [0, 0.1) is 17.8 Å². The van der Waals surface area contributed by atoms with Crippen molar-refractivity contribution in [1.82, 2.24) is 10.2 Å².